The second kappa shape index (κ2) is 16.6. The molecule has 6 N–H and O–H groups in total. The number of anilines is 1. The third kappa shape index (κ3) is 12.4. The van der Waals surface area contributed by atoms with Gasteiger partial charge in [0.05, 0.1) is 24.3 Å². The lowest BCUT2D eigenvalue weighted by molar-refractivity contribution is -0.134. The summed E-state index contributed by atoms with van der Waals surface area (Å²) in [5.74, 6) is -1.41. The van der Waals surface area contributed by atoms with E-state index in [-0.39, 0.29) is 43.3 Å². The SMILES string of the molecule is CC(=N)N1CCC(Oc2ccc(N(Cc3ccc4ccc(C(=N)N)cc4c3)S(=O)(=O)CC(=O)O)cc2)CC1.CS(=O)(=O)O.Cl.Cl. The van der Waals surface area contributed by atoms with Crippen molar-refractivity contribution in [2.24, 2.45) is 5.73 Å². The Morgan fingerprint density at radius 2 is 1.53 bits per heavy atom. The van der Waals surface area contributed by atoms with E-state index in [4.69, 9.17) is 25.8 Å². The van der Waals surface area contributed by atoms with Gasteiger partial charge in [0.15, 0.2) is 5.75 Å². The number of ether oxygens (including phenoxy) is 1. The molecule has 1 heterocycles. The number of rotatable bonds is 9. The molecule has 45 heavy (non-hydrogen) atoms. The van der Waals surface area contributed by atoms with Crippen LogP contribution >= 0.6 is 24.8 Å². The van der Waals surface area contributed by atoms with Crippen LogP contribution in [0, 0.1) is 10.8 Å². The average Bonchev–Trinajstić information content (AvgIpc) is 2.90. The minimum Gasteiger partial charge on any atom is -0.490 e. The highest BCUT2D eigenvalue weighted by Gasteiger charge is 2.27. The van der Waals surface area contributed by atoms with Crippen LogP contribution in [-0.4, -0.2) is 80.2 Å². The van der Waals surface area contributed by atoms with Crippen LogP contribution in [0.5, 0.6) is 5.75 Å². The van der Waals surface area contributed by atoms with Crippen molar-refractivity contribution in [2.75, 3.05) is 29.4 Å². The van der Waals surface area contributed by atoms with Gasteiger partial charge in [0.25, 0.3) is 10.1 Å². The maximum atomic E-state index is 13.1. The summed E-state index contributed by atoms with van der Waals surface area (Å²) in [5.41, 5.74) is 7.14. The van der Waals surface area contributed by atoms with Gasteiger partial charge >= 0.3 is 5.97 Å². The number of carboxylic acid groups (broad SMARTS) is 1. The number of carboxylic acids is 1. The Kier molecular flexibility index (Phi) is 14.5. The predicted octanol–water partition coefficient (Wildman–Crippen LogP) is 3.73. The smallest absolute Gasteiger partial charge is 0.320 e. The number of halogens is 2. The fourth-order valence-corrected chi connectivity index (χ4v) is 5.76. The Balaban J connectivity index is 0.00000134. The largest absolute Gasteiger partial charge is 0.490 e. The molecule has 0 unspecified atom stereocenters. The molecule has 3 aromatic carbocycles. The van der Waals surface area contributed by atoms with Gasteiger partial charge < -0.3 is 20.5 Å². The summed E-state index contributed by atoms with van der Waals surface area (Å²) in [7, 11) is -7.86. The zero-order chi connectivity index (χ0) is 31.9. The average molecular weight is 707 g/mol. The molecule has 0 spiro atoms. The number of nitrogen functional groups attached to an aromatic ring is 1. The molecule has 0 atom stereocenters. The quantitative estimate of drug-likeness (QED) is 0.123. The van der Waals surface area contributed by atoms with E-state index >= 15 is 0 Å². The highest BCUT2D eigenvalue weighted by atomic mass is 35.5. The van der Waals surface area contributed by atoms with Crippen LogP contribution in [0.15, 0.2) is 60.7 Å². The summed E-state index contributed by atoms with van der Waals surface area (Å²) in [6.07, 6.45) is 2.28. The van der Waals surface area contributed by atoms with E-state index in [1.807, 2.05) is 23.1 Å². The van der Waals surface area contributed by atoms with E-state index in [0.29, 0.717) is 34.7 Å². The van der Waals surface area contributed by atoms with Crippen LogP contribution in [0.1, 0.15) is 30.9 Å². The molecule has 3 aromatic rings. The third-order valence-electron chi connectivity index (χ3n) is 6.53. The maximum absolute atomic E-state index is 13.1. The molecule has 17 heteroatoms. The Labute approximate surface area is 275 Å². The Morgan fingerprint density at radius 1 is 0.978 bits per heavy atom. The van der Waals surface area contributed by atoms with Crippen molar-refractivity contribution in [1.29, 1.82) is 10.8 Å². The molecule has 0 bridgehead atoms. The second-order valence-electron chi connectivity index (χ2n) is 10.1. The Bertz CT molecular complexity index is 1710. The van der Waals surface area contributed by atoms with Crippen molar-refractivity contribution in [3.8, 4) is 5.75 Å². The van der Waals surface area contributed by atoms with Gasteiger partial charge in [-0.25, -0.2) is 8.42 Å². The fourth-order valence-electron chi connectivity index (χ4n) is 4.50. The lowest BCUT2D eigenvalue weighted by atomic mass is 10.0. The topological polar surface area (TPSA) is 215 Å². The number of nitrogens with one attached hydrogen (secondary N) is 2. The summed E-state index contributed by atoms with van der Waals surface area (Å²) in [4.78, 5) is 13.3. The van der Waals surface area contributed by atoms with Crippen LogP contribution in [0.4, 0.5) is 5.69 Å². The van der Waals surface area contributed by atoms with Crippen LogP contribution in [0.3, 0.4) is 0 Å². The number of fused-ring (bicyclic) bond motifs is 1. The van der Waals surface area contributed by atoms with Crippen LogP contribution in [-0.2, 0) is 31.5 Å². The van der Waals surface area contributed by atoms with E-state index in [2.05, 4.69) is 0 Å². The van der Waals surface area contributed by atoms with Crippen molar-refractivity contribution >= 4 is 79.1 Å². The number of hydrogen-bond donors (Lipinski definition) is 5. The molecule has 0 aromatic heterocycles. The van der Waals surface area contributed by atoms with Crippen molar-refractivity contribution in [3.63, 3.8) is 0 Å². The summed E-state index contributed by atoms with van der Waals surface area (Å²) in [6.45, 7) is 3.20. The monoisotopic (exact) mass is 705 g/mol. The molecule has 248 valence electrons. The number of aliphatic carboxylic acids is 1. The molecule has 13 nitrogen and oxygen atoms in total. The fraction of sp³-hybridized carbons (Fsp3) is 0.321. The van der Waals surface area contributed by atoms with Crippen LogP contribution < -0.4 is 14.8 Å². The van der Waals surface area contributed by atoms with E-state index < -0.39 is 31.9 Å². The summed E-state index contributed by atoms with van der Waals surface area (Å²) in [5, 5.41) is 26.4. The van der Waals surface area contributed by atoms with Gasteiger partial charge in [-0.15, -0.1) is 24.8 Å². The molecule has 0 aliphatic carbocycles. The summed E-state index contributed by atoms with van der Waals surface area (Å²) >= 11 is 0. The zero-order valence-corrected chi connectivity index (χ0v) is 27.8. The first kappa shape index (κ1) is 39.4. The number of carbonyl (C=O) groups is 1. The normalized spacial score (nSPS) is 13.4. The number of likely N-dealkylation sites (tertiary alicyclic amines) is 1. The predicted molar refractivity (Wildman–Crippen MR) is 180 cm³/mol. The molecule has 1 aliphatic heterocycles. The maximum Gasteiger partial charge on any atom is 0.320 e. The molecular weight excluding hydrogens is 669 g/mol. The first-order valence-corrected chi connectivity index (χ1v) is 16.6. The van der Waals surface area contributed by atoms with Crippen LogP contribution in [0.2, 0.25) is 0 Å². The van der Waals surface area contributed by atoms with Crippen molar-refractivity contribution in [2.45, 2.75) is 32.4 Å². The number of hydrogen-bond acceptors (Lipinski definition) is 8. The zero-order valence-electron chi connectivity index (χ0n) is 24.5. The van der Waals surface area contributed by atoms with Gasteiger partial charge in [0.2, 0.25) is 10.0 Å². The number of nitrogens with two attached hydrogens (primary N) is 1. The lowest BCUT2D eigenvalue weighted by Gasteiger charge is -2.33. The Hall–Kier alpha value is -3.63. The van der Waals surface area contributed by atoms with Gasteiger partial charge in [-0.1, -0.05) is 24.3 Å². The number of sulfonamides is 1. The molecule has 1 fully saturated rings. The van der Waals surface area contributed by atoms with E-state index in [1.165, 1.54) is 0 Å². The van der Waals surface area contributed by atoms with E-state index in [0.717, 1.165) is 41.0 Å². The molecule has 4 rings (SSSR count). The second-order valence-corrected chi connectivity index (χ2v) is 13.4. The number of benzene rings is 3. The third-order valence-corrected chi connectivity index (χ3v) is 8.15. The van der Waals surface area contributed by atoms with E-state index in [1.54, 1.807) is 49.4 Å². The van der Waals surface area contributed by atoms with Crippen molar-refractivity contribution in [3.05, 3.63) is 71.8 Å². The van der Waals surface area contributed by atoms with Crippen molar-refractivity contribution < 1.29 is 36.0 Å². The minimum absolute atomic E-state index is 0. The van der Waals surface area contributed by atoms with Crippen LogP contribution in [0.25, 0.3) is 10.8 Å². The molecule has 0 radical (unpaired) electrons. The molecule has 0 amide bonds. The standard InChI is InChI=1S/C27H31N5O5S.CH4O3S.2ClH/c1-18(28)31-12-10-25(11-13-31)37-24-8-6-23(7-9-24)32(38(35,36)17-26(33)34)16-19-2-3-20-4-5-21(27(29)30)15-22(20)14-19;1-5(2,3)4;;/h2-9,14-15,25,28H,10-13,16-17H2,1H3,(H3,29,30)(H,33,34);1H3,(H,2,3,4);2*1H. The van der Waals surface area contributed by atoms with Crippen molar-refractivity contribution in [1.82, 2.24) is 4.90 Å². The minimum atomic E-state index is -4.19. The Morgan fingerprint density at radius 3 is 2.04 bits per heavy atom. The van der Waals surface area contributed by atoms with E-state index in [9.17, 15) is 26.7 Å². The lowest BCUT2D eigenvalue weighted by Crippen LogP contribution is -2.40. The highest BCUT2D eigenvalue weighted by molar-refractivity contribution is 7.93. The van der Waals surface area contributed by atoms with Gasteiger partial charge in [-0.3, -0.25) is 24.5 Å². The summed E-state index contributed by atoms with van der Waals surface area (Å²) < 4.78 is 59.2. The van der Waals surface area contributed by atoms with Gasteiger partial charge in [-0.2, -0.15) is 8.42 Å². The highest BCUT2D eigenvalue weighted by Crippen LogP contribution is 2.27. The van der Waals surface area contributed by atoms with Gasteiger partial charge in [0, 0.05) is 31.5 Å². The first-order chi connectivity index (χ1) is 20.0. The number of nitrogens with zero attached hydrogens (tertiary/aromatic N) is 2. The summed E-state index contributed by atoms with van der Waals surface area (Å²) in [6, 6.07) is 17.4. The molecular formula is C28H37Cl2N5O8S2. The molecule has 0 saturated carbocycles. The van der Waals surface area contributed by atoms with Gasteiger partial charge in [0.1, 0.15) is 17.7 Å². The molecule has 1 saturated heterocycles. The number of amidine groups is 2. The first-order valence-electron chi connectivity index (χ1n) is 13.1. The number of piperidine rings is 1. The van der Waals surface area contributed by atoms with Gasteiger partial charge in [-0.05, 0) is 59.7 Å². The molecule has 1 aliphatic rings.